The topological polar surface area (TPSA) is 57.6 Å². The first-order valence-corrected chi connectivity index (χ1v) is 11.5. The van der Waals surface area contributed by atoms with E-state index in [9.17, 15) is 9.59 Å². The molecule has 1 heterocycles. The average Bonchev–Trinajstić information content (AvgIpc) is 3.56. The molecular weight excluding hydrogens is 412 g/mol. The Morgan fingerprint density at radius 1 is 1.00 bits per heavy atom. The summed E-state index contributed by atoms with van der Waals surface area (Å²) in [5.41, 5.74) is 5.07. The van der Waals surface area contributed by atoms with Gasteiger partial charge in [-0.2, -0.15) is 0 Å². The van der Waals surface area contributed by atoms with Crippen LogP contribution in [0.1, 0.15) is 35.2 Å². The minimum Gasteiger partial charge on any atom is -0.353 e. The maximum absolute atomic E-state index is 13.5. The van der Waals surface area contributed by atoms with Gasteiger partial charge in [-0.05, 0) is 56.0 Å². The lowest BCUT2D eigenvalue weighted by atomic mass is 10.1. The van der Waals surface area contributed by atoms with Crippen molar-refractivity contribution in [3.05, 3.63) is 89.2 Å². The van der Waals surface area contributed by atoms with Crippen molar-refractivity contribution in [1.29, 1.82) is 0 Å². The minimum absolute atomic E-state index is 0.0530. The van der Waals surface area contributed by atoms with Crippen LogP contribution in [0, 0.1) is 13.8 Å². The van der Waals surface area contributed by atoms with Crippen molar-refractivity contribution in [2.75, 3.05) is 11.9 Å². The van der Waals surface area contributed by atoms with Crippen LogP contribution < -0.4 is 5.32 Å². The van der Waals surface area contributed by atoms with Gasteiger partial charge in [0.25, 0.3) is 0 Å². The Kier molecular flexibility index (Phi) is 6.82. The maximum atomic E-state index is 13.5. The van der Waals surface area contributed by atoms with Crippen LogP contribution in [0.25, 0.3) is 0 Å². The lowest BCUT2D eigenvalue weighted by Gasteiger charge is -2.28. The molecule has 1 N–H and O–H groups in total. The number of nitrogens with one attached hydrogen (secondary N) is 1. The summed E-state index contributed by atoms with van der Waals surface area (Å²) in [6, 6.07) is 19.8. The van der Waals surface area contributed by atoms with Crippen molar-refractivity contribution < 1.29 is 9.59 Å². The number of carbonyl (C=O) groups is 2. The van der Waals surface area contributed by atoms with Crippen molar-refractivity contribution in [3.8, 4) is 0 Å². The number of hydrogen-bond acceptors (Lipinski definition) is 2. The lowest BCUT2D eigenvalue weighted by Crippen LogP contribution is -2.45. The van der Waals surface area contributed by atoms with E-state index in [0.717, 1.165) is 40.9 Å². The van der Waals surface area contributed by atoms with Crippen molar-refractivity contribution >= 4 is 17.6 Å². The highest BCUT2D eigenvalue weighted by Crippen LogP contribution is 2.28. The van der Waals surface area contributed by atoms with Crippen molar-refractivity contribution in [1.82, 2.24) is 14.4 Å². The highest BCUT2D eigenvalue weighted by Gasteiger charge is 2.35. The summed E-state index contributed by atoms with van der Waals surface area (Å²) < 4.78 is 2.02. The first-order valence-electron chi connectivity index (χ1n) is 11.5. The number of rotatable bonds is 8. The van der Waals surface area contributed by atoms with E-state index in [-0.39, 0.29) is 24.5 Å². The molecule has 0 aliphatic heterocycles. The second kappa shape index (κ2) is 9.94. The van der Waals surface area contributed by atoms with Crippen LogP contribution in [0.4, 0.5) is 10.5 Å². The molecule has 0 unspecified atom stereocenters. The van der Waals surface area contributed by atoms with E-state index in [1.54, 1.807) is 4.90 Å². The molecule has 1 fully saturated rings. The highest BCUT2D eigenvalue weighted by atomic mass is 16.2. The third-order valence-electron chi connectivity index (χ3n) is 6.15. The molecule has 1 saturated carbocycles. The van der Waals surface area contributed by atoms with Gasteiger partial charge in [0, 0.05) is 37.2 Å². The zero-order valence-electron chi connectivity index (χ0n) is 19.6. The van der Waals surface area contributed by atoms with Crippen LogP contribution in [-0.4, -0.2) is 38.9 Å². The maximum Gasteiger partial charge on any atom is 0.322 e. The molecule has 0 saturated heterocycles. The van der Waals surface area contributed by atoms with Crippen LogP contribution in [0.2, 0.25) is 0 Å². The fourth-order valence-electron chi connectivity index (χ4n) is 4.03. The average molecular weight is 445 g/mol. The number of carbonyl (C=O) groups excluding carboxylic acids is 2. The quantitative estimate of drug-likeness (QED) is 0.539. The Bertz CT molecular complexity index is 1120. The molecule has 6 heteroatoms. The number of amides is 3. The van der Waals surface area contributed by atoms with Crippen LogP contribution in [0.3, 0.4) is 0 Å². The molecule has 1 aliphatic carbocycles. The summed E-state index contributed by atoms with van der Waals surface area (Å²) in [6.45, 7) is 5.08. The van der Waals surface area contributed by atoms with E-state index >= 15 is 0 Å². The second-order valence-electron chi connectivity index (χ2n) is 8.95. The zero-order chi connectivity index (χ0) is 23.4. The van der Waals surface area contributed by atoms with Crippen LogP contribution in [0.5, 0.6) is 0 Å². The molecule has 4 rings (SSSR count). The Morgan fingerprint density at radius 2 is 1.76 bits per heavy atom. The molecule has 172 valence electrons. The molecular formula is C27H32N4O2. The predicted molar refractivity (Wildman–Crippen MR) is 131 cm³/mol. The number of benzene rings is 2. The Balaban J connectivity index is 1.50. The van der Waals surface area contributed by atoms with E-state index in [1.165, 1.54) is 0 Å². The summed E-state index contributed by atoms with van der Waals surface area (Å²) in [6.07, 6.45) is 3.85. The van der Waals surface area contributed by atoms with Gasteiger partial charge in [0.15, 0.2) is 0 Å². The Hall–Kier alpha value is -3.54. The first kappa shape index (κ1) is 22.6. The molecule has 3 amide bonds. The third-order valence-corrected chi connectivity index (χ3v) is 6.15. The monoisotopic (exact) mass is 444 g/mol. The molecule has 6 nitrogen and oxygen atoms in total. The summed E-state index contributed by atoms with van der Waals surface area (Å²) in [5, 5.41) is 3.02. The van der Waals surface area contributed by atoms with Crippen molar-refractivity contribution in [2.45, 2.75) is 45.8 Å². The largest absolute Gasteiger partial charge is 0.353 e. The second-order valence-corrected chi connectivity index (χ2v) is 8.95. The van der Waals surface area contributed by atoms with Gasteiger partial charge >= 0.3 is 6.03 Å². The van der Waals surface area contributed by atoms with Crippen LogP contribution in [-0.2, 0) is 24.9 Å². The molecule has 0 bridgehead atoms. The van der Waals surface area contributed by atoms with Crippen LogP contribution >= 0.6 is 0 Å². The predicted octanol–water partition coefficient (Wildman–Crippen LogP) is 4.87. The summed E-state index contributed by atoms with van der Waals surface area (Å²) in [5.74, 6) is -0.0530. The zero-order valence-corrected chi connectivity index (χ0v) is 19.6. The summed E-state index contributed by atoms with van der Waals surface area (Å²) >= 11 is 0. The lowest BCUT2D eigenvalue weighted by molar-refractivity contribution is -0.133. The van der Waals surface area contributed by atoms with Gasteiger partial charge in [-0.1, -0.05) is 48.0 Å². The normalized spacial score (nSPS) is 12.9. The minimum atomic E-state index is -0.212. The Labute approximate surface area is 195 Å². The van der Waals surface area contributed by atoms with E-state index in [4.69, 9.17) is 0 Å². The fourth-order valence-corrected chi connectivity index (χ4v) is 4.03. The van der Waals surface area contributed by atoms with Gasteiger partial charge in [0.1, 0.15) is 6.54 Å². The highest BCUT2D eigenvalue weighted by molar-refractivity contribution is 5.93. The molecule has 1 aliphatic rings. The van der Waals surface area contributed by atoms with Gasteiger partial charge in [0.05, 0.1) is 6.54 Å². The fraction of sp³-hybridized carbons (Fsp3) is 0.333. The smallest absolute Gasteiger partial charge is 0.322 e. The molecule has 1 aromatic heterocycles. The number of hydrogen-bond donors (Lipinski definition) is 1. The van der Waals surface area contributed by atoms with E-state index in [2.05, 4.69) is 5.32 Å². The Morgan fingerprint density at radius 3 is 2.39 bits per heavy atom. The standard InChI is InChI=1S/C27H32N4O2/c1-20-11-14-25(21(2)16-20)28-27(33)31(23-12-13-23)19-26(32)30(17-22-8-5-4-6-9-22)18-24-10-7-15-29(24)3/h4-11,14-16,23H,12-13,17-19H2,1-3H3,(H,28,33). The van der Waals surface area contributed by atoms with Gasteiger partial charge < -0.3 is 19.7 Å². The molecule has 0 atom stereocenters. The van der Waals surface area contributed by atoms with Crippen molar-refractivity contribution in [3.63, 3.8) is 0 Å². The summed E-state index contributed by atoms with van der Waals surface area (Å²) in [7, 11) is 1.98. The number of anilines is 1. The molecule has 0 spiro atoms. The number of urea groups is 1. The third kappa shape index (κ3) is 5.83. The van der Waals surface area contributed by atoms with Gasteiger partial charge in [-0.3, -0.25) is 4.79 Å². The van der Waals surface area contributed by atoms with Gasteiger partial charge in [-0.25, -0.2) is 4.79 Å². The molecule has 0 radical (unpaired) electrons. The molecule has 33 heavy (non-hydrogen) atoms. The SMILES string of the molecule is Cc1ccc(NC(=O)N(CC(=O)N(Cc2ccccc2)Cc2cccn2C)C2CC2)c(C)c1. The number of aromatic nitrogens is 1. The first-order chi connectivity index (χ1) is 15.9. The molecule has 3 aromatic rings. The van der Waals surface area contributed by atoms with E-state index in [0.29, 0.717) is 13.1 Å². The van der Waals surface area contributed by atoms with E-state index < -0.39 is 0 Å². The molecule has 2 aromatic carbocycles. The summed E-state index contributed by atoms with van der Waals surface area (Å²) in [4.78, 5) is 30.2. The van der Waals surface area contributed by atoms with Gasteiger partial charge in [-0.15, -0.1) is 0 Å². The number of nitrogens with zero attached hydrogens (tertiary/aromatic N) is 3. The van der Waals surface area contributed by atoms with Crippen LogP contribution in [0.15, 0.2) is 66.9 Å². The van der Waals surface area contributed by atoms with Crippen molar-refractivity contribution in [2.24, 2.45) is 7.05 Å². The van der Waals surface area contributed by atoms with E-state index in [1.807, 2.05) is 97.2 Å². The van der Waals surface area contributed by atoms with Gasteiger partial charge in [0.2, 0.25) is 5.91 Å². The number of aryl methyl sites for hydroxylation is 3.